The van der Waals surface area contributed by atoms with Gasteiger partial charge < -0.3 is 19.3 Å². The lowest BCUT2D eigenvalue weighted by molar-refractivity contribution is 0.104. The second-order valence-electron chi connectivity index (χ2n) is 8.01. The number of nitrogens with one attached hydrogen (secondary N) is 1. The summed E-state index contributed by atoms with van der Waals surface area (Å²) in [6.07, 6.45) is -0.818. The van der Waals surface area contributed by atoms with E-state index < -0.39 is 6.16 Å². The molecule has 1 heterocycles. The zero-order valence-corrected chi connectivity index (χ0v) is 20.3. The zero-order valence-electron chi connectivity index (χ0n) is 19.4. The lowest BCUT2D eigenvalue weighted by atomic mass is 9.93. The van der Waals surface area contributed by atoms with E-state index in [-0.39, 0.29) is 24.0 Å². The standard InChI is InChI=1S/C26H26N2O5S/c1-5-32-26(30)33-22-13-20(29)19(12-18(22)14(2)3)24-23(25(34)28-27-24)17-10-11-21(31-4)16-9-7-6-8-15(16)17/h6-14,29H,5H2,1-4H3,(H2,27,28,34). The second kappa shape index (κ2) is 9.69. The molecule has 0 saturated heterocycles. The number of aromatic hydroxyl groups is 1. The van der Waals surface area contributed by atoms with Gasteiger partial charge in [0.05, 0.1) is 19.4 Å². The fourth-order valence-corrected chi connectivity index (χ4v) is 4.29. The summed E-state index contributed by atoms with van der Waals surface area (Å²) in [5, 5.41) is 20.7. The molecule has 176 valence electrons. The molecule has 0 spiro atoms. The number of hydrogen-bond donors (Lipinski definition) is 3. The SMILES string of the molecule is CCOC(=O)Oc1cc(O)c(-c2[nH]nc(S)c2-c2ccc(OC)c3ccccc23)cc1C(C)C. The van der Waals surface area contributed by atoms with Crippen LogP contribution in [-0.4, -0.2) is 35.2 Å². The van der Waals surface area contributed by atoms with Crippen LogP contribution in [0, 0.1) is 0 Å². The molecule has 1 aromatic heterocycles. The molecule has 0 bridgehead atoms. The van der Waals surface area contributed by atoms with Gasteiger partial charge in [-0.05, 0) is 47.6 Å². The number of phenols is 1. The van der Waals surface area contributed by atoms with Gasteiger partial charge >= 0.3 is 6.16 Å². The second-order valence-corrected chi connectivity index (χ2v) is 8.43. The average Bonchev–Trinajstić information content (AvgIpc) is 3.19. The lowest BCUT2D eigenvalue weighted by Crippen LogP contribution is -2.11. The van der Waals surface area contributed by atoms with Gasteiger partial charge in [0.25, 0.3) is 0 Å². The van der Waals surface area contributed by atoms with Crippen molar-refractivity contribution < 1.29 is 24.1 Å². The molecule has 0 fully saturated rings. The molecule has 0 saturated carbocycles. The quantitative estimate of drug-likeness (QED) is 0.165. The molecule has 0 aliphatic carbocycles. The summed E-state index contributed by atoms with van der Waals surface area (Å²) in [5.74, 6) is 0.944. The minimum absolute atomic E-state index is 0.00689. The van der Waals surface area contributed by atoms with Crippen LogP contribution in [0.5, 0.6) is 17.2 Å². The molecular weight excluding hydrogens is 452 g/mol. The molecule has 0 amide bonds. The molecule has 4 rings (SSSR count). The van der Waals surface area contributed by atoms with Crippen LogP contribution in [0.25, 0.3) is 33.2 Å². The lowest BCUT2D eigenvalue weighted by Gasteiger charge is -2.16. The van der Waals surface area contributed by atoms with Gasteiger partial charge in [-0.2, -0.15) is 5.10 Å². The molecule has 7 nitrogen and oxygen atoms in total. The molecule has 0 aliphatic heterocycles. The van der Waals surface area contributed by atoms with Crippen LogP contribution < -0.4 is 9.47 Å². The van der Waals surface area contributed by atoms with Crippen LogP contribution in [0.2, 0.25) is 0 Å². The van der Waals surface area contributed by atoms with Crippen molar-refractivity contribution in [2.45, 2.75) is 31.7 Å². The summed E-state index contributed by atoms with van der Waals surface area (Å²) in [6.45, 7) is 5.84. The molecule has 3 aromatic carbocycles. The number of carbonyl (C=O) groups excluding carboxylic acids is 1. The predicted molar refractivity (Wildman–Crippen MR) is 134 cm³/mol. The minimum Gasteiger partial charge on any atom is -0.507 e. The molecule has 0 aliphatic rings. The molecule has 34 heavy (non-hydrogen) atoms. The first-order chi connectivity index (χ1) is 16.3. The third-order valence-electron chi connectivity index (χ3n) is 5.60. The number of hydrogen-bond acceptors (Lipinski definition) is 7. The Morgan fingerprint density at radius 2 is 1.82 bits per heavy atom. The largest absolute Gasteiger partial charge is 0.513 e. The number of carbonyl (C=O) groups is 1. The maximum absolute atomic E-state index is 11.9. The normalized spacial score (nSPS) is 11.1. The Morgan fingerprint density at radius 1 is 1.09 bits per heavy atom. The number of phenolic OH excluding ortho intramolecular Hbond substituents is 1. The highest BCUT2D eigenvalue weighted by Crippen LogP contribution is 2.45. The Morgan fingerprint density at radius 3 is 2.50 bits per heavy atom. The van der Waals surface area contributed by atoms with Crippen LogP contribution in [0.15, 0.2) is 53.6 Å². The van der Waals surface area contributed by atoms with E-state index in [9.17, 15) is 9.90 Å². The number of aromatic amines is 1. The fraction of sp³-hybridized carbons (Fsp3) is 0.231. The number of fused-ring (bicyclic) bond motifs is 1. The van der Waals surface area contributed by atoms with Gasteiger partial charge in [-0.25, -0.2) is 4.79 Å². The van der Waals surface area contributed by atoms with E-state index in [1.165, 1.54) is 6.07 Å². The van der Waals surface area contributed by atoms with Gasteiger partial charge in [-0.3, -0.25) is 5.10 Å². The summed E-state index contributed by atoms with van der Waals surface area (Å²) < 4.78 is 15.8. The number of methoxy groups -OCH3 is 1. The number of aromatic nitrogens is 2. The van der Waals surface area contributed by atoms with Crippen molar-refractivity contribution in [2.24, 2.45) is 0 Å². The van der Waals surface area contributed by atoms with E-state index in [2.05, 4.69) is 22.8 Å². The van der Waals surface area contributed by atoms with Gasteiger partial charge in [0.1, 0.15) is 22.3 Å². The molecule has 8 heteroatoms. The molecule has 0 radical (unpaired) electrons. The van der Waals surface area contributed by atoms with Crippen LogP contribution in [0.4, 0.5) is 4.79 Å². The van der Waals surface area contributed by atoms with Gasteiger partial charge in [0.15, 0.2) is 0 Å². The van der Waals surface area contributed by atoms with Gasteiger partial charge in [0, 0.05) is 22.6 Å². The number of benzene rings is 3. The van der Waals surface area contributed by atoms with Gasteiger partial charge in [-0.15, -0.1) is 12.6 Å². The Balaban J connectivity index is 1.90. The van der Waals surface area contributed by atoms with E-state index in [1.807, 2.05) is 50.2 Å². The van der Waals surface area contributed by atoms with E-state index in [0.29, 0.717) is 16.3 Å². The van der Waals surface area contributed by atoms with Crippen molar-refractivity contribution in [1.82, 2.24) is 10.2 Å². The third kappa shape index (κ3) is 4.28. The number of rotatable bonds is 6. The van der Waals surface area contributed by atoms with E-state index in [4.69, 9.17) is 14.2 Å². The topological polar surface area (TPSA) is 93.7 Å². The number of H-pyrrole nitrogens is 1. The van der Waals surface area contributed by atoms with Crippen molar-refractivity contribution in [2.75, 3.05) is 13.7 Å². The van der Waals surface area contributed by atoms with Crippen LogP contribution in [0.1, 0.15) is 32.3 Å². The predicted octanol–water partition coefficient (Wildman–Crippen LogP) is 6.56. The van der Waals surface area contributed by atoms with Crippen molar-refractivity contribution in [1.29, 1.82) is 0 Å². The number of ether oxygens (including phenoxy) is 3. The Bertz CT molecular complexity index is 1360. The summed E-state index contributed by atoms with van der Waals surface area (Å²) in [4.78, 5) is 11.9. The maximum Gasteiger partial charge on any atom is 0.513 e. The van der Waals surface area contributed by atoms with E-state index in [0.717, 1.165) is 33.2 Å². The Kier molecular flexibility index (Phi) is 6.70. The van der Waals surface area contributed by atoms with Crippen molar-refractivity contribution in [3.8, 4) is 39.6 Å². The summed E-state index contributed by atoms with van der Waals surface area (Å²) in [7, 11) is 1.64. The molecule has 4 aromatic rings. The summed E-state index contributed by atoms with van der Waals surface area (Å²) in [5.41, 5.74) is 3.49. The maximum atomic E-state index is 11.9. The average molecular weight is 479 g/mol. The smallest absolute Gasteiger partial charge is 0.507 e. The summed E-state index contributed by atoms with van der Waals surface area (Å²) in [6, 6.07) is 15.0. The summed E-state index contributed by atoms with van der Waals surface area (Å²) >= 11 is 4.60. The molecule has 0 unspecified atom stereocenters. The molecule has 0 atom stereocenters. The number of thiol groups is 1. The van der Waals surface area contributed by atoms with Crippen LogP contribution in [-0.2, 0) is 4.74 Å². The van der Waals surface area contributed by atoms with Gasteiger partial charge in [-0.1, -0.05) is 38.1 Å². The molecular formula is C26H26N2O5S. The highest BCUT2D eigenvalue weighted by atomic mass is 32.1. The van der Waals surface area contributed by atoms with Crippen LogP contribution in [0.3, 0.4) is 0 Å². The third-order valence-corrected chi connectivity index (χ3v) is 5.92. The Hall–Kier alpha value is -3.65. The van der Waals surface area contributed by atoms with Crippen molar-refractivity contribution in [3.05, 3.63) is 54.1 Å². The zero-order chi connectivity index (χ0) is 24.4. The van der Waals surface area contributed by atoms with E-state index in [1.54, 1.807) is 20.1 Å². The van der Waals surface area contributed by atoms with E-state index >= 15 is 0 Å². The first-order valence-corrected chi connectivity index (χ1v) is 11.4. The van der Waals surface area contributed by atoms with Crippen molar-refractivity contribution >= 4 is 29.6 Å². The first-order valence-electron chi connectivity index (χ1n) is 10.9. The first kappa shape index (κ1) is 23.5. The monoisotopic (exact) mass is 478 g/mol. The molecule has 2 N–H and O–H groups in total. The van der Waals surface area contributed by atoms with Gasteiger partial charge in [0.2, 0.25) is 0 Å². The highest BCUT2D eigenvalue weighted by Gasteiger charge is 2.23. The van der Waals surface area contributed by atoms with Crippen molar-refractivity contribution in [3.63, 3.8) is 0 Å². The fourth-order valence-electron chi connectivity index (χ4n) is 4.01. The Labute approximate surface area is 203 Å². The highest BCUT2D eigenvalue weighted by molar-refractivity contribution is 7.80. The van der Waals surface area contributed by atoms with Crippen LogP contribution >= 0.6 is 12.6 Å². The minimum atomic E-state index is -0.818. The number of nitrogens with zero attached hydrogens (tertiary/aromatic N) is 1.